The van der Waals surface area contributed by atoms with E-state index in [9.17, 15) is 43.2 Å². The molecule has 0 aromatic rings. The fourth-order valence-electron chi connectivity index (χ4n) is 10.5. The number of unbranched alkanes of at least 4 members (excludes halogenated alkanes) is 37. The van der Waals surface area contributed by atoms with E-state index in [1.54, 1.807) is 0 Å². The highest BCUT2D eigenvalue weighted by atomic mass is 31.2. The van der Waals surface area contributed by atoms with Gasteiger partial charge in [0.25, 0.3) is 0 Å². The molecule has 0 spiro atoms. The average Bonchev–Trinajstić information content (AvgIpc) is 1.36. The summed E-state index contributed by atoms with van der Waals surface area (Å²) >= 11 is 0. The maximum absolute atomic E-state index is 13.1. The number of aliphatic hydroxyl groups excluding tert-OH is 1. The molecule has 19 heteroatoms. The van der Waals surface area contributed by atoms with E-state index in [4.69, 9.17) is 37.0 Å². The number of carbonyl (C=O) groups is 4. The number of aliphatic hydroxyl groups is 1. The molecule has 0 aromatic carbocycles. The number of phosphoric acid groups is 2. The minimum atomic E-state index is -4.97. The zero-order chi connectivity index (χ0) is 70.4. The molecular weight excluding hydrogens is 1260 g/mol. The summed E-state index contributed by atoms with van der Waals surface area (Å²) in [4.78, 5) is 72.8. The third kappa shape index (κ3) is 69.2. The van der Waals surface area contributed by atoms with E-state index in [-0.39, 0.29) is 25.7 Å². The number of esters is 4. The largest absolute Gasteiger partial charge is 0.472 e. The van der Waals surface area contributed by atoms with Crippen LogP contribution < -0.4 is 0 Å². The molecule has 0 fully saturated rings. The maximum Gasteiger partial charge on any atom is 0.472 e. The van der Waals surface area contributed by atoms with Gasteiger partial charge in [0.05, 0.1) is 26.4 Å². The molecule has 3 N–H and O–H groups in total. The fraction of sp³-hybridized carbons (Fsp3) is 0.818. The maximum atomic E-state index is 13.1. The van der Waals surface area contributed by atoms with Gasteiger partial charge in [0.15, 0.2) is 12.2 Å². The van der Waals surface area contributed by atoms with Crippen LogP contribution in [-0.4, -0.2) is 96.7 Å². The second-order valence-corrected chi connectivity index (χ2v) is 28.9. The lowest BCUT2D eigenvalue weighted by Gasteiger charge is -2.21. The van der Waals surface area contributed by atoms with Crippen LogP contribution >= 0.6 is 15.6 Å². The predicted octanol–water partition coefficient (Wildman–Crippen LogP) is 21.9. The van der Waals surface area contributed by atoms with E-state index >= 15 is 0 Å². The number of rotatable bonds is 73. The number of phosphoric ester groups is 2. The van der Waals surface area contributed by atoms with Crippen molar-refractivity contribution in [2.75, 3.05) is 39.6 Å². The molecule has 2 unspecified atom stereocenters. The highest BCUT2D eigenvalue weighted by Crippen LogP contribution is 2.45. The number of hydrogen-bond acceptors (Lipinski definition) is 15. The summed E-state index contributed by atoms with van der Waals surface area (Å²) < 4.78 is 68.5. The minimum Gasteiger partial charge on any atom is -0.462 e. The first-order chi connectivity index (χ1) is 46.7. The van der Waals surface area contributed by atoms with Gasteiger partial charge in [-0.15, -0.1) is 0 Å². The Labute approximate surface area is 584 Å². The van der Waals surface area contributed by atoms with E-state index in [0.717, 1.165) is 154 Å². The molecule has 0 saturated carbocycles. The van der Waals surface area contributed by atoms with Crippen LogP contribution in [0.25, 0.3) is 0 Å². The molecule has 96 heavy (non-hydrogen) atoms. The highest BCUT2D eigenvalue weighted by molar-refractivity contribution is 7.47. The van der Waals surface area contributed by atoms with E-state index in [1.807, 2.05) is 0 Å². The first-order valence-electron chi connectivity index (χ1n) is 38.5. The number of ether oxygens (including phenoxy) is 4. The predicted molar refractivity (Wildman–Crippen MR) is 390 cm³/mol. The van der Waals surface area contributed by atoms with E-state index in [0.29, 0.717) is 25.7 Å². The van der Waals surface area contributed by atoms with Gasteiger partial charge in [-0.2, -0.15) is 0 Å². The first kappa shape index (κ1) is 92.8. The van der Waals surface area contributed by atoms with Crippen LogP contribution in [0.1, 0.15) is 349 Å². The van der Waals surface area contributed by atoms with Gasteiger partial charge < -0.3 is 33.8 Å². The van der Waals surface area contributed by atoms with Crippen LogP contribution in [-0.2, 0) is 65.4 Å². The fourth-order valence-corrected chi connectivity index (χ4v) is 12.1. The third-order valence-electron chi connectivity index (χ3n) is 16.5. The topological polar surface area (TPSA) is 237 Å². The van der Waals surface area contributed by atoms with Crippen molar-refractivity contribution in [2.45, 2.75) is 367 Å². The molecule has 0 amide bonds. The molecule has 0 aliphatic heterocycles. The van der Waals surface area contributed by atoms with Gasteiger partial charge in [0.1, 0.15) is 19.3 Å². The smallest absolute Gasteiger partial charge is 0.462 e. The molecule has 0 rings (SSSR count). The Balaban J connectivity index is 5.34. The Hall–Kier alpha value is -3.24. The molecule has 0 saturated heterocycles. The second-order valence-electron chi connectivity index (χ2n) is 25.9. The van der Waals surface area contributed by atoms with Crippen molar-refractivity contribution in [3.05, 3.63) is 60.8 Å². The molecule has 5 atom stereocenters. The Morgan fingerprint density at radius 1 is 0.292 bits per heavy atom. The summed E-state index contributed by atoms with van der Waals surface area (Å²) in [6.45, 7) is 4.82. The second kappa shape index (κ2) is 70.2. The summed E-state index contributed by atoms with van der Waals surface area (Å²) in [5.74, 6) is -2.19. The van der Waals surface area contributed by atoms with E-state index in [1.165, 1.54) is 116 Å². The SMILES string of the molecule is CCCCC/C=C\C/C=C\CCCCCCCC(=O)OC[C@H](COP(=O)(O)OC[C@@H](O)COP(=O)(O)OC[C@@H](COC(=O)CCCCCCC/C=C\CCCCCC)OC(=O)CCCCCCCCCCCCCCC)OC(=O)CCCCCCC/C=C\C/C=C\CCCCC. The van der Waals surface area contributed by atoms with Crippen molar-refractivity contribution >= 4 is 39.5 Å². The summed E-state index contributed by atoms with van der Waals surface area (Å²) in [7, 11) is -9.94. The lowest BCUT2D eigenvalue weighted by molar-refractivity contribution is -0.161. The van der Waals surface area contributed by atoms with Gasteiger partial charge in [-0.05, 0) is 116 Å². The molecule has 0 aliphatic rings. The van der Waals surface area contributed by atoms with Crippen LogP contribution in [0.2, 0.25) is 0 Å². The average molecular weight is 1400 g/mol. The first-order valence-corrected chi connectivity index (χ1v) is 41.5. The van der Waals surface area contributed by atoms with Crippen molar-refractivity contribution in [3.8, 4) is 0 Å². The van der Waals surface area contributed by atoms with Gasteiger partial charge in [0.2, 0.25) is 0 Å². The van der Waals surface area contributed by atoms with Crippen molar-refractivity contribution < 1.29 is 80.2 Å². The lowest BCUT2D eigenvalue weighted by atomic mass is 10.0. The van der Waals surface area contributed by atoms with Crippen LogP contribution in [0.3, 0.4) is 0 Å². The molecule has 0 radical (unpaired) electrons. The third-order valence-corrected chi connectivity index (χ3v) is 18.4. The van der Waals surface area contributed by atoms with Crippen LogP contribution in [0.15, 0.2) is 60.8 Å². The van der Waals surface area contributed by atoms with E-state index in [2.05, 4.69) is 88.5 Å². The lowest BCUT2D eigenvalue weighted by Crippen LogP contribution is -2.30. The molecule has 17 nitrogen and oxygen atoms in total. The van der Waals surface area contributed by atoms with Gasteiger partial charge in [0, 0.05) is 25.7 Å². The molecular formula is C77H140O17P2. The number of carbonyl (C=O) groups excluding carboxylic acids is 4. The van der Waals surface area contributed by atoms with Crippen molar-refractivity contribution in [1.29, 1.82) is 0 Å². The molecule has 560 valence electrons. The number of hydrogen-bond donors (Lipinski definition) is 3. The zero-order valence-corrected chi connectivity index (χ0v) is 62.8. The van der Waals surface area contributed by atoms with Crippen LogP contribution in [0, 0.1) is 0 Å². The Bertz CT molecular complexity index is 2060. The van der Waals surface area contributed by atoms with Gasteiger partial charge >= 0.3 is 39.5 Å². The Morgan fingerprint density at radius 2 is 0.510 bits per heavy atom. The summed E-state index contributed by atoms with van der Waals surface area (Å²) in [5.41, 5.74) is 0. The van der Waals surface area contributed by atoms with E-state index < -0.39 is 97.5 Å². The molecule has 0 heterocycles. The molecule has 0 aromatic heterocycles. The Morgan fingerprint density at radius 3 is 0.812 bits per heavy atom. The number of allylic oxidation sites excluding steroid dienone is 10. The summed E-state index contributed by atoms with van der Waals surface area (Å²) in [6.07, 6.45) is 67.7. The van der Waals surface area contributed by atoms with Gasteiger partial charge in [-0.25, -0.2) is 9.13 Å². The Kier molecular flexibility index (Phi) is 67.8. The molecule has 0 aliphatic carbocycles. The van der Waals surface area contributed by atoms with Crippen LogP contribution in [0.4, 0.5) is 0 Å². The van der Waals surface area contributed by atoms with Crippen molar-refractivity contribution in [2.24, 2.45) is 0 Å². The molecule has 0 bridgehead atoms. The van der Waals surface area contributed by atoms with Crippen molar-refractivity contribution in [3.63, 3.8) is 0 Å². The van der Waals surface area contributed by atoms with Gasteiger partial charge in [-0.1, -0.05) is 268 Å². The monoisotopic (exact) mass is 1400 g/mol. The van der Waals surface area contributed by atoms with Gasteiger partial charge in [-0.3, -0.25) is 37.3 Å². The summed E-state index contributed by atoms with van der Waals surface area (Å²) in [5, 5.41) is 10.6. The zero-order valence-electron chi connectivity index (χ0n) is 61.1. The van der Waals surface area contributed by atoms with Crippen molar-refractivity contribution in [1.82, 2.24) is 0 Å². The highest BCUT2D eigenvalue weighted by Gasteiger charge is 2.30. The standard InChI is InChI=1S/C77H140O17P2/c1-5-9-13-17-21-25-29-33-35-39-42-46-50-54-58-62-75(80)88-68-73(94-77(82)64-60-56-52-48-44-40-36-34-30-26-22-18-14-10-6-2)70-92-96(85,86)90-66-71(78)65-89-95(83,84)91-69-72(93-76(81)63-59-55-51-47-43-38-32-28-24-20-16-12-8-4)67-87-74(79)61-57-53-49-45-41-37-31-27-23-19-15-11-7-3/h21-22,25-27,31,33-36,71-73,78H,5-20,23-24,28-30,32,37-70H2,1-4H3,(H,83,84)(H,85,86)/b25-21-,26-22-,31-27-,35-33-,36-34-/t71-,72+,73+/m0/s1. The summed E-state index contributed by atoms with van der Waals surface area (Å²) in [6, 6.07) is 0. The van der Waals surface area contributed by atoms with Crippen LogP contribution in [0.5, 0.6) is 0 Å². The quantitative estimate of drug-likeness (QED) is 0.0169. The normalized spacial score (nSPS) is 14.3. The minimum absolute atomic E-state index is 0.0792.